The maximum atomic E-state index is 13.5. The van der Waals surface area contributed by atoms with Crippen molar-refractivity contribution in [1.29, 1.82) is 0 Å². The fourth-order valence-corrected chi connectivity index (χ4v) is 1.71. The van der Waals surface area contributed by atoms with E-state index in [1.165, 1.54) is 18.2 Å². The molecule has 0 radical (unpaired) electrons. The van der Waals surface area contributed by atoms with Crippen molar-refractivity contribution in [1.82, 2.24) is 5.32 Å². The van der Waals surface area contributed by atoms with E-state index in [0.29, 0.717) is 6.42 Å². The molecule has 0 aliphatic rings. The first-order valence-corrected chi connectivity index (χ1v) is 6.14. The monoisotopic (exact) mass is 273 g/mol. The number of carbonyl (C=O) groups is 1. The number of aliphatic hydroxyl groups is 1. The van der Waals surface area contributed by atoms with Gasteiger partial charge in [0.1, 0.15) is 5.82 Å². The van der Waals surface area contributed by atoms with Gasteiger partial charge in [-0.05, 0) is 25.5 Å². The molecule has 0 saturated carbocycles. The van der Waals surface area contributed by atoms with Crippen LogP contribution in [-0.4, -0.2) is 23.2 Å². The Hall–Kier alpha value is -1.13. The van der Waals surface area contributed by atoms with Crippen LogP contribution in [0.15, 0.2) is 18.2 Å². The van der Waals surface area contributed by atoms with Crippen molar-refractivity contribution in [3.63, 3.8) is 0 Å². The van der Waals surface area contributed by atoms with Gasteiger partial charge in [0.2, 0.25) is 5.91 Å². The summed E-state index contributed by atoms with van der Waals surface area (Å²) in [5.74, 6) is -0.861. The predicted molar refractivity (Wildman–Crippen MR) is 69.0 cm³/mol. The van der Waals surface area contributed by atoms with Gasteiger partial charge in [0, 0.05) is 10.6 Å². The zero-order valence-electron chi connectivity index (χ0n) is 10.5. The summed E-state index contributed by atoms with van der Waals surface area (Å²) in [6.07, 6.45) is 0.446. The Morgan fingerprint density at radius 1 is 1.56 bits per heavy atom. The van der Waals surface area contributed by atoms with Crippen LogP contribution < -0.4 is 5.32 Å². The molecule has 1 atom stereocenters. The first-order valence-electron chi connectivity index (χ1n) is 5.76. The molecular formula is C13H17ClFNO2. The number of rotatable bonds is 5. The molecule has 0 bridgehead atoms. The van der Waals surface area contributed by atoms with Gasteiger partial charge >= 0.3 is 0 Å². The summed E-state index contributed by atoms with van der Waals surface area (Å²) in [4.78, 5) is 11.8. The Balaban J connectivity index is 2.77. The van der Waals surface area contributed by atoms with Crippen LogP contribution in [0, 0.1) is 5.82 Å². The Labute approximate surface area is 111 Å². The maximum Gasteiger partial charge on any atom is 0.225 e. The number of nitrogens with one attached hydrogen (secondary N) is 1. The third-order valence-electron chi connectivity index (χ3n) is 2.97. The van der Waals surface area contributed by atoms with Gasteiger partial charge in [-0.15, -0.1) is 0 Å². The lowest BCUT2D eigenvalue weighted by Crippen LogP contribution is -2.49. The lowest BCUT2D eigenvalue weighted by molar-refractivity contribution is -0.122. The summed E-state index contributed by atoms with van der Waals surface area (Å²) in [6, 6.07) is 4.29. The molecular weight excluding hydrogens is 257 g/mol. The molecule has 0 aliphatic carbocycles. The number of benzene rings is 1. The molecule has 1 aromatic carbocycles. The third kappa shape index (κ3) is 3.68. The van der Waals surface area contributed by atoms with Crippen molar-refractivity contribution < 1.29 is 14.3 Å². The lowest BCUT2D eigenvalue weighted by atomic mass is 9.99. The van der Waals surface area contributed by atoms with Gasteiger partial charge < -0.3 is 10.4 Å². The minimum Gasteiger partial charge on any atom is -0.394 e. The highest BCUT2D eigenvalue weighted by molar-refractivity contribution is 6.31. The standard InChI is InChI=1S/C13H17ClFNO2/c1-3-13(2,8-17)16-12(18)7-9-10(14)5-4-6-11(9)15/h4-6,17H,3,7-8H2,1-2H3,(H,16,18). The fourth-order valence-electron chi connectivity index (χ4n) is 1.48. The molecule has 0 fully saturated rings. The molecule has 0 aromatic heterocycles. The molecule has 2 N–H and O–H groups in total. The number of hydrogen-bond donors (Lipinski definition) is 2. The first-order chi connectivity index (χ1) is 8.41. The van der Waals surface area contributed by atoms with Crippen LogP contribution >= 0.6 is 11.6 Å². The summed E-state index contributed by atoms with van der Waals surface area (Å²) < 4.78 is 13.5. The van der Waals surface area contributed by atoms with Gasteiger partial charge in [-0.25, -0.2) is 4.39 Å². The highest BCUT2D eigenvalue weighted by Gasteiger charge is 2.24. The number of halogens is 2. The number of amides is 1. The second kappa shape index (κ2) is 6.16. The third-order valence-corrected chi connectivity index (χ3v) is 3.32. The zero-order valence-corrected chi connectivity index (χ0v) is 11.2. The molecule has 0 aliphatic heterocycles. The minimum atomic E-state index is -0.686. The molecule has 1 amide bonds. The summed E-state index contributed by atoms with van der Waals surface area (Å²) in [7, 11) is 0. The van der Waals surface area contributed by atoms with Crippen LogP contribution in [0.25, 0.3) is 0 Å². The van der Waals surface area contributed by atoms with E-state index in [4.69, 9.17) is 11.6 Å². The van der Waals surface area contributed by atoms with Gasteiger partial charge in [-0.3, -0.25) is 4.79 Å². The molecule has 1 aromatic rings. The van der Waals surface area contributed by atoms with Crippen LogP contribution in [0.4, 0.5) is 4.39 Å². The van der Waals surface area contributed by atoms with E-state index in [1.54, 1.807) is 6.92 Å². The number of aliphatic hydroxyl groups excluding tert-OH is 1. The maximum absolute atomic E-state index is 13.5. The summed E-state index contributed by atoms with van der Waals surface area (Å²) >= 11 is 5.84. The molecule has 1 unspecified atom stereocenters. The topological polar surface area (TPSA) is 49.3 Å². The SMILES string of the molecule is CCC(C)(CO)NC(=O)Cc1c(F)cccc1Cl. The molecule has 0 heterocycles. The highest BCUT2D eigenvalue weighted by Crippen LogP contribution is 2.19. The Morgan fingerprint density at radius 2 is 2.22 bits per heavy atom. The van der Waals surface area contributed by atoms with Crippen molar-refractivity contribution in [2.75, 3.05) is 6.61 Å². The Morgan fingerprint density at radius 3 is 2.72 bits per heavy atom. The molecule has 100 valence electrons. The van der Waals surface area contributed by atoms with Crippen molar-refractivity contribution in [2.24, 2.45) is 0 Å². The van der Waals surface area contributed by atoms with Gasteiger partial charge in [0.25, 0.3) is 0 Å². The quantitative estimate of drug-likeness (QED) is 0.865. The van der Waals surface area contributed by atoms with E-state index < -0.39 is 11.4 Å². The van der Waals surface area contributed by atoms with Crippen LogP contribution in [0.1, 0.15) is 25.8 Å². The van der Waals surface area contributed by atoms with Gasteiger partial charge in [0.05, 0.1) is 18.6 Å². The first kappa shape index (κ1) is 14.9. The van der Waals surface area contributed by atoms with Gasteiger partial charge in [-0.1, -0.05) is 24.6 Å². The van der Waals surface area contributed by atoms with E-state index >= 15 is 0 Å². The predicted octanol–water partition coefficient (Wildman–Crippen LogP) is 2.30. The number of carbonyl (C=O) groups excluding carboxylic acids is 1. The molecule has 5 heteroatoms. The van der Waals surface area contributed by atoms with Crippen LogP contribution in [0.2, 0.25) is 5.02 Å². The van der Waals surface area contributed by atoms with Crippen LogP contribution in [0.5, 0.6) is 0 Å². The van der Waals surface area contributed by atoms with E-state index in [1.807, 2.05) is 6.92 Å². The summed E-state index contributed by atoms with van der Waals surface area (Å²) in [5, 5.41) is 12.1. The fraction of sp³-hybridized carbons (Fsp3) is 0.462. The molecule has 1 rings (SSSR count). The second-order valence-corrected chi connectivity index (χ2v) is 4.90. The van der Waals surface area contributed by atoms with E-state index in [9.17, 15) is 14.3 Å². The summed E-state index contributed by atoms with van der Waals surface area (Å²) in [6.45, 7) is 3.42. The summed E-state index contributed by atoms with van der Waals surface area (Å²) in [5.41, 5.74) is -0.512. The van der Waals surface area contributed by atoms with E-state index in [-0.39, 0.29) is 29.5 Å². The average Bonchev–Trinajstić information content (AvgIpc) is 2.34. The van der Waals surface area contributed by atoms with Gasteiger partial charge in [-0.2, -0.15) is 0 Å². The molecule has 0 spiro atoms. The second-order valence-electron chi connectivity index (χ2n) is 4.50. The molecule has 3 nitrogen and oxygen atoms in total. The average molecular weight is 274 g/mol. The molecule has 0 saturated heterocycles. The zero-order chi connectivity index (χ0) is 13.8. The van der Waals surface area contributed by atoms with Crippen molar-refractivity contribution >= 4 is 17.5 Å². The largest absolute Gasteiger partial charge is 0.394 e. The molecule has 18 heavy (non-hydrogen) atoms. The Kier molecular flexibility index (Phi) is 5.11. The van der Waals surface area contributed by atoms with Crippen LogP contribution in [-0.2, 0) is 11.2 Å². The normalized spacial score (nSPS) is 14.1. The van der Waals surface area contributed by atoms with E-state index in [2.05, 4.69) is 5.32 Å². The van der Waals surface area contributed by atoms with Crippen LogP contribution in [0.3, 0.4) is 0 Å². The minimum absolute atomic E-state index is 0.138. The lowest BCUT2D eigenvalue weighted by Gasteiger charge is -2.27. The van der Waals surface area contributed by atoms with E-state index in [0.717, 1.165) is 0 Å². The number of hydrogen-bond acceptors (Lipinski definition) is 2. The smallest absolute Gasteiger partial charge is 0.225 e. The van der Waals surface area contributed by atoms with Gasteiger partial charge in [0.15, 0.2) is 0 Å². The highest BCUT2D eigenvalue weighted by atomic mass is 35.5. The van der Waals surface area contributed by atoms with Crippen molar-refractivity contribution in [3.05, 3.63) is 34.6 Å². The Bertz CT molecular complexity index is 413. The van der Waals surface area contributed by atoms with Crippen molar-refractivity contribution in [3.8, 4) is 0 Å². The van der Waals surface area contributed by atoms with Crippen molar-refractivity contribution in [2.45, 2.75) is 32.2 Å².